The largest absolute Gasteiger partial charge is 0.331 e. The minimum absolute atomic E-state index is 0.120. The van der Waals surface area contributed by atoms with Gasteiger partial charge in [-0.25, -0.2) is 4.39 Å². The Morgan fingerprint density at radius 1 is 1.33 bits per heavy atom. The number of nitrogens with zero attached hydrogens (tertiary/aromatic N) is 2. The van der Waals surface area contributed by atoms with Gasteiger partial charge in [-0.15, -0.1) is 0 Å². The van der Waals surface area contributed by atoms with Gasteiger partial charge in [-0.05, 0) is 51.1 Å². The van der Waals surface area contributed by atoms with Crippen LogP contribution in [0.3, 0.4) is 0 Å². The number of piperidine rings is 1. The Labute approximate surface area is 133 Å². The Balaban J connectivity index is 1.91. The molecule has 1 saturated heterocycles. The van der Waals surface area contributed by atoms with Gasteiger partial charge < -0.3 is 9.55 Å². The Bertz CT molecular complexity index is 703. The van der Waals surface area contributed by atoms with Crippen LogP contribution >= 0.6 is 23.8 Å². The van der Waals surface area contributed by atoms with E-state index in [2.05, 4.69) is 16.8 Å². The van der Waals surface area contributed by atoms with Crippen LogP contribution in [0.4, 0.5) is 4.39 Å². The van der Waals surface area contributed by atoms with Gasteiger partial charge in [0.2, 0.25) is 0 Å². The third-order valence-corrected chi connectivity index (χ3v) is 4.89. The van der Waals surface area contributed by atoms with E-state index < -0.39 is 5.82 Å². The molecule has 0 bridgehead atoms. The monoisotopic (exact) mass is 327 g/mol. The van der Waals surface area contributed by atoms with Gasteiger partial charge in [-0.1, -0.05) is 18.0 Å². The van der Waals surface area contributed by atoms with E-state index in [0.29, 0.717) is 10.8 Å². The van der Waals surface area contributed by atoms with E-state index in [1.165, 1.54) is 25.3 Å². The summed E-state index contributed by atoms with van der Waals surface area (Å²) >= 11 is 11.2. The lowest BCUT2D eigenvalue weighted by atomic mass is 10.1. The molecule has 0 aliphatic carbocycles. The summed E-state index contributed by atoms with van der Waals surface area (Å²) in [4.78, 5) is 5.59. The molecule has 3 rings (SSSR count). The van der Waals surface area contributed by atoms with Gasteiger partial charge in [0, 0.05) is 18.7 Å². The molecule has 1 aliphatic heterocycles. The minimum atomic E-state index is -0.405. The van der Waals surface area contributed by atoms with Gasteiger partial charge in [0.1, 0.15) is 5.82 Å². The lowest BCUT2D eigenvalue weighted by Gasteiger charge is -2.32. The highest BCUT2D eigenvalue weighted by Gasteiger charge is 2.18. The average Bonchev–Trinajstić information content (AvgIpc) is 2.76. The second kappa shape index (κ2) is 6.07. The lowest BCUT2D eigenvalue weighted by Crippen LogP contribution is -2.39. The summed E-state index contributed by atoms with van der Waals surface area (Å²) in [6, 6.07) is 3.45. The summed E-state index contributed by atoms with van der Waals surface area (Å²) in [5.41, 5.74) is 1.57. The molecule has 0 amide bonds. The second-order valence-corrected chi connectivity index (χ2v) is 6.56. The summed E-state index contributed by atoms with van der Waals surface area (Å²) in [6.07, 6.45) is 3.83. The van der Waals surface area contributed by atoms with Crippen LogP contribution in [-0.4, -0.2) is 33.6 Å². The summed E-state index contributed by atoms with van der Waals surface area (Å²) in [7, 11) is 0. The van der Waals surface area contributed by atoms with E-state index in [4.69, 9.17) is 23.8 Å². The van der Waals surface area contributed by atoms with E-state index >= 15 is 0 Å². The molecular formula is C15H19ClFN3S. The molecule has 1 atom stereocenters. The number of benzene rings is 1. The molecular weight excluding hydrogens is 309 g/mol. The van der Waals surface area contributed by atoms with Crippen molar-refractivity contribution in [3.8, 4) is 0 Å². The highest BCUT2D eigenvalue weighted by Crippen LogP contribution is 2.23. The second-order valence-electron chi connectivity index (χ2n) is 5.77. The van der Waals surface area contributed by atoms with Crippen molar-refractivity contribution in [1.29, 1.82) is 0 Å². The molecule has 2 aromatic rings. The highest BCUT2D eigenvalue weighted by molar-refractivity contribution is 7.71. The average molecular weight is 328 g/mol. The van der Waals surface area contributed by atoms with E-state index in [1.54, 1.807) is 6.07 Å². The van der Waals surface area contributed by atoms with Crippen LogP contribution < -0.4 is 0 Å². The van der Waals surface area contributed by atoms with Crippen LogP contribution in [0.5, 0.6) is 0 Å². The Morgan fingerprint density at radius 2 is 2.05 bits per heavy atom. The number of imidazole rings is 1. The van der Waals surface area contributed by atoms with E-state index in [-0.39, 0.29) is 5.02 Å². The van der Waals surface area contributed by atoms with Gasteiger partial charge in [-0.3, -0.25) is 4.90 Å². The van der Waals surface area contributed by atoms with Crippen molar-refractivity contribution in [3.05, 3.63) is 27.7 Å². The molecule has 0 saturated carbocycles. The molecule has 114 valence electrons. The van der Waals surface area contributed by atoms with E-state index in [9.17, 15) is 4.39 Å². The molecule has 1 aromatic heterocycles. The molecule has 1 fully saturated rings. The first-order valence-electron chi connectivity index (χ1n) is 7.38. The maximum atomic E-state index is 13.7. The molecule has 1 aromatic carbocycles. The number of rotatable bonds is 3. The molecule has 1 N–H and O–H groups in total. The molecule has 1 aliphatic rings. The Morgan fingerprint density at radius 3 is 2.76 bits per heavy atom. The van der Waals surface area contributed by atoms with E-state index in [0.717, 1.165) is 30.7 Å². The van der Waals surface area contributed by atoms with Crippen molar-refractivity contribution in [1.82, 2.24) is 14.5 Å². The molecule has 2 heterocycles. The van der Waals surface area contributed by atoms with Crippen LogP contribution in [0.2, 0.25) is 5.02 Å². The topological polar surface area (TPSA) is 24.0 Å². The zero-order valence-electron chi connectivity index (χ0n) is 12.0. The summed E-state index contributed by atoms with van der Waals surface area (Å²) in [5, 5.41) is 0.120. The number of nitrogens with one attached hydrogen (secondary N) is 1. The first kappa shape index (κ1) is 15.0. The maximum Gasteiger partial charge on any atom is 0.178 e. The predicted molar refractivity (Wildman–Crippen MR) is 87.0 cm³/mol. The third kappa shape index (κ3) is 3.00. The van der Waals surface area contributed by atoms with Crippen LogP contribution in [0.15, 0.2) is 12.1 Å². The van der Waals surface area contributed by atoms with Gasteiger partial charge in [0.05, 0.1) is 16.1 Å². The lowest BCUT2D eigenvalue weighted by molar-refractivity contribution is 0.160. The van der Waals surface area contributed by atoms with Crippen molar-refractivity contribution < 1.29 is 4.39 Å². The van der Waals surface area contributed by atoms with Gasteiger partial charge in [0.25, 0.3) is 0 Å². The van der Waals surface area contributed by atoms with Gasteiger partial charge in [0.15, 0.2) is 4.77 Å². The minimum Gasteiger partial charge on any atom is -0.331 e. The standard InChI is InChI=1S/C15H19ClFN3S/c1-10(19-5-3-2-4-6-19)9-20-14-8-12(17)11(16)7-13(14)18-15(20)21/h7-8,10H,2-6,9H2,1H3,(H,18,21). The van der Waals surface area contributed by atoms with Crippen molar-refractivity contribution >= 4 is 34.9 Å². The fourth-order valence-electron chi connectivity index (χ4n) is 3.07. The van der Waals surface area contributed by atoms with Crippen molar-refractivity contribution in [3.63, 3.8) is 0 Å². The van der Waals surface area contributed by atoms with Crippen LogP contribution in [-0.2, 0) is 6.54 Å². The molecule has 3 nitrogen and oxygen atoms in total. The summed E-state index contributed by atoms with van der Waals surface area (Å²) in [5.74, 6) is -0.405. The smallest absolute Gasteiger partial charge is 0.178 e. The summed E-state index contributed by atoms with van der Waals surface area (Å²) in [6.45, 7) is 5.24. The molecule has 1 unspecified atom stereocenters. The Hall–Kier alpha value is -0.910. The number of aromatic amines is 1. The third-order valence-electron chi connectivity index (χ3n) is 4.28. The fraction of sp³-hybridized carbons (Fsp3) is 0.533. The first-order valence-corrected chi connectivity index (χ1v) is 8.16. The van der Waals surface area contributed by atoms with Crippen LogP contribution in [0, 0.1) is 10.6 Å². The van der Waals surface area contributed by atoms with E-state index in [1.807, 2.05) is 4.57 Å². The van der Waals surface area contributed by atoms with Crippen LogP contribution in [0.1, 0.15) is 26.2 Å². The van der Waals surface area contributed by atoms with Crippen molar-refractivity contribution in [2.75, 3.05) is 13.1 Å². The summed E-state index contributed by atoms with van der Waals surface area (Å²) < 4.78 is 16.3. The molecule has 0 radical (unpaired) electrons. The van der Waals surface area contributed by atoms with Crippen molar-refractivity contribution in [2.45, 2.75) is 38.8 Å². The number of hydrogen-bond donors (Lipinski definition) is 1. The predicted octanol–water partition coefficient (Wildman–Crippen LogP) is 4.37. The van der Waals surface area contributed by atoms with Crippen LogP contribution in [0.25, 0.3) is 11.0 Å². The number of likely N-dealkylation sites (tertiary alicyclic amines) is 1. The Kier molecular flexibility index (Phi) is 4.33. The van der Waals surface area contributed by atoms with Gasteiger partial charge >= 0.3 is 0 Å². The zero-order valence-corrected chi connectivity index (χ0v) is 13.6. The number of hydrogen-bond acceptors (Lipinski definition) is 2. The zero-order chi connectivity index (χ0) is 15.0. The maximum absolute atomic E-state index is 13.7. The number of fused-ring (bicyclic) bond motifs is 1. The first-order chi connectivity index (χ1) is 10.1. The number of H-pyrrole nitrogens is 1. The quantitative estimate of drug-likeness (QED) is 0.847. The number of halogens is 2. The highest BCUT2D eigenvalue weighted by atomic mass is 35.5. The number of aromatic nitrogens is 2. The fourth-order valence-corrected chi connectivity index (χ4v) is 3.52. The van der Waals surface area contributed by atoms with Gasteiger partial charge in [-0.2, -0.15) is 0 Å². The van der Waals surface area contributed by atoms with Crippen molar-refractivity contribution in [2.24, 2.45) is 0 Å². The molecule has 21 heavy (non-hydrogen) atoms. The normalized spacial score (nSPS) is 18.2. The SMILES string of the molecule is CC(Cn1c(=S)[nH]c2cc(Cl)c(F)cc21)N1CCCCC1. The molecule has 6 heteroatoms. The molecule has 0 spiro atoms.